The number of hydrogen-bond donors (Lipinski definition) is 1. The number of piperidine rings is 1. The molecule has 1 aliphatic rings. The molecule has 2 heterocycles. The third kappa shape index (κ3) is 2.99. The molecule has 100 valence electrons. The van der Waals surface area contributed by atoms with Gasteiger partial charge in [-0.1, -0.05) is 6.92 Å². The Morgan fingerprint density at radius 3 is 2.89 bits per heavy atom. The van der Waals surface area contributed by atoms with Gasteiger partial charge in [0.25, 0.3) is 0 Å². The van der Waals surface area contributed by atoms with Gasteiger partial charge in [-0.3, -0.25) is 4.90 Å². The molecule has 0 spiro atoms. The Morgan fingerprint density at radius 2 is 2.17 bits per heavy atom. The zero-order valence-corrected chi connectivity index (χ0v) is 11.9. The molecule has 1 aliphatic heterocycles. The molecule has 4 nitrogen and oxygen atoms in total. The molecule has 1 fully saturated rings. The molecule has 0 aromatic carbocycles. The first-order chi connectivity index (χ1) is 8.60. The Bertz CT molecular complexity index is 405. The highest BCUT2D eigenvalue weighted by atomic mass is 15.2. The maximum absolute atomic E-state index is 4.54. The molecule has 1 aromatic rings. The highest BCUT2D eigenvalue weighted by Crippen LogP contribution is 2.24. The molecule has 0 amide bonds. The van der Waals surface area contributed by atoms with E-state index in [9.17, 15) is 0 Å². The average molecular weight is 248 g/mol. The van der Waals surface area contributed by atoms with Gasteiger partial charge in [-0.15, -0.1) is 0 Å². The third-order valence-corrected chi connectivity index (χ3v) is 4.01. The fourth-order valence-corrected chi connectivity index (χ4v) is 2.65. The lowest BCUT2D eigenvalue weighted by molar-refractivity contribution is 0.104. The van der Waals surface area contributed by atoms with Crippen LogP contribution in [0.25, 0.3) is 0 Å². The molecule has 4 heteroatoms. The van der Waals surface area contributed by atoms with Crippen molar-refractivity contribution in [2.24, 2.45) is 5.92 Å². The molecule has 2 rings (SSSR count). The molecule has 0 saturated carbocycles. The zero-order valence-electron chi connectivity index (χ0n) is 11.9. The molecule has 0 aliphatic carbocycles. The lowest BCUT2D eigenvalue weighted by atomic mass is 9.92. The summed E-state index contributed by atoms with van der Waals surface area (Å²) < 4.78 is 0. The van der Waals surface area contributed by atoms with E-state index >= 15 is 0 Å². The summed E-state index contributed by atoms with van der Waals surface area (Å²) in [4.78, 5) is 11.6. The van der Waals surface area contributed by atoms with Crippen LogP contribution in [0.1, 0.15) is 38.2 Å². The van der Waals surface area contributed by atoms with Crippen LogP contribution in [0.2, 0.25) is 0 Å². The standard InChI is InChI=1S/C14H24N4/c1-10-6-5-7-18(12(10)3)9-14-16-11(2)8-13(15-4)17-14/h8,10,12H,5-7,9H2,1-4H3,(H,15,16,17). The van der Waals surface area contributed by atoms with Crippen molar-refractivity contribution in [2.75, 3.05) is 18.9 Å². The fraction of sp³-hybridized carbons (Fsp3) is 0.714. The van der Waals surface area contributed by atoms with Crippen molar-refractivity contribution in [3.05, 3.63) is 17.6 Å². The first-order valence-corrected chi connectivity index (χ1v) is 6.86. The summed E-state index contributed by atoms with van der Waals surface area (Å²) in [5.41, 5.74) is 1.03. The van der Waals surface area contributed by atoms with Gasteiger partial charge in [-0.25, -0.2) is 9.97 Å². The predicted molar refractivity (Wildman–Crippen MR) is 74.6 cm³/mol. The molecular formula is C14H24N4. The van der Waals surface area contributed by atoms with Crippen LogP contribution in [-0.4, -0.2) is 34.5 Å². The van der Waals surface area contributed by atoms with E-state index in [1.54, 1.807) is 0 Å². The lowest BCUT2D eigenvalue weighted by Gasteiger charge is -2.37. The molecule has 2 unspecified atom stereocenters. The molecule has 18 heavy (non-hydrogen) atoms. The highest BCUT2D eigenvalue weighted by Gasteiger charge is 2.25. The van der Waals surface area contributed by atoms with Crippen molar-refractivity contribution >= 4 is 5.82 Å². The number of rotatable bonds is 3. The van der Waals surface area contributed by atoms with Gasteiger partial charge in [0.1, 0.15) is 11.6 Å². The van der Waals surface area contributed by atoms with Crippen molar-refractivity contribution in [1.82, 2.24) is 14.9 Å². The van der Waals surface area contributed by atoms with E-state index in [2.05, 4.69) is 34.0 Å². The van der Waals surface area contributed by atoms with E-state index in [0.29, 0.717) is 6.04 Å². The molecule has 0 radical (unpaired) electrons. The van der Waals surface area contributed by atoms with Gasteiger partial charge in [-0.2, -0.15) is 0 Å². The number of hydrogen-bond acceptors (Lipinski definition) is 4. The van der Waals surface area contributed by atoms with Gasteiger partial charge in [0.05, 0.1) is 6.54 Å². The summed E-state index contributed by atoms with van der Waals surface area (Å²) in [5.74, 6) is 2.61. The van der Waals surface area contributed by atoms with Crippen molar-refractivity contribution < 1.29 is 0 Å². The molecule has 1 N–H and O–H groups in total. The minimum absolute atomic E-state index is 0.626. The Hall–Kier alpha value is -1.16. The first kappa shape index (κ1) is 13.3. The summed E-state index contributed by atoms with van der Waals surface area (Å²) in [5, 5.41) is 3.10. The Balaban J connectivity index is 2.10. The Morgan fingerprint density at radius 1 is 1.39 bits per heavy atom. The van der Waals surface area contributed by atoms with Crippen LogP contribution in [0.5, 0.6) is 0 Å². The second-order valence-corrected chi connectivity index (χ2v) is 5.39. The Kier molecular flexibility index (Phi) is 4.17. The highest BCUT2D eigenvalue weighted by molar-refractivity contribution is 5.34. The Labute approximate surface area is 110 Å². The first-order valence-electron chi connectivity index (χ1n) is 6.86. The largest absolute Gasteiger partial charge is 0.373 e. The summed E-state index contributed by atoms with van der Waals surface area (Å²) in [6.07, 6.45) is 2.63. The number of aryl methyl sites for hydroxylation is 1. The zero-order chi connectivity index (χ0) is 13.1. The second-order valence-electron chi connectivity index (χ2n) is 5.39. The summed E-state index contributed by atoms with van der Waals surface area (Å²) in [6, 6.07) is 2.60. The number of likely N-dealkylation sites (tertiary alicyclic amines) is 1. The number of aromatic nitrogens is 2. The minimum atomic E-state index is 0.626. The molecule has 1 saturated heterocycles. The van der Waals surface area contributed by atoms with Crippen LogP contribution in [0, 0.1) is 12.8 Å². The molecular weight excluding hydrogens is 224 g/mol. The fourth-order valence-electron chi connectivity index (χ4n) is 2.65. The van der Waals surface area contributed by atoms with E-state index < -0.39 is 0 Å². The summed E-state index contributed by atoms with van der Waals surface area (Å²) in [6.45, 7) is 8.71. The number of anilines is 1. The smallest absolute Gasteiger partial charge is 0.144 e. The van der Waals surface area contributed by atoms with Crippen LogP contribution >= 0.6 is 0 Å². The predicted octanol–water partition coefficient (Wildman–Crippen LogP) is 2.45. The SMILES string of the molecule is CNc1cc(C)nc(CN2CCCC(C)C2C)n1. The van der Waals surface area contributed by atoms with Gasteiger partial charge in [-0.05, 0) is 39.2 Å². The van der Waals surface area contributed by atoms with Gasteiger partial charge in [0.2, 0.25) is 0 Å². The molecule has 0 bridgehead atoms. The van der Waals surface area contributed by atoms with Crippen molar-refractivity contribution in [1.29, 1.82) is 0 Å². The normalized spacial score (nSPS) is 25.1. The maximum atomic E-state index is 4.54. The summed E-state index contributed by atoms with van der Waals surface area (Å²) in [7, 11) is 1.90. The third-order valence-electron chi connectivity index (χ3n) is 4.01. The van der Waals surface area contributed by atoms with Crippen LogP contribution < -0.4 is 5.32 Å². The van der Waals surface area contributed by atoms with E-state index in [-0.39, 0.29) is 0 Å². The van der Waals surface area contributed by atoms with Crippen molar-refractivity contribution in [3.63, 3.8) is 0 Å². The molecule has 1 aromatic heterocycles. The van der Waals surface area contributed by atoms with Gasteiger partial charge in [0, 0.05) is 24.8 Å². The van der Waals surface area contributed by atoms with Crippen molar-refractivity contribution in [2.45, 2.75) is 46.2 Å². The molecule has 2 atom stereocenters. The van der Waals surface area contributed by atoms with Gasteiger partial charge >= 0.3 is 0 Å². The van der Waals surface area contributed by atoms with Crippen LogP contribution in [0.4, 0.5) is 5.82 Å². The van der Waals surface area contributed by atoms with E-state index in [4.69, 9.17) is 0 Å². The topological polar surface area (TPSA) is 41.1 Å². The van der Waals surface area contributed by atoms with Crippen molar-refractivity contribution in [3.8, 4) is 0 Å². The maximum Gasteiger partial charge on any atom is 0.144 e. The number of nitrogens with one attached hydrogen (secondary N) is 1. The van der Waals surface area contributed by atoms with Crippen LogP contribution in [-0.2, 0) is 6.54 Å². The quantitative estimate of drug-likeness (QED) is 0.892. The van der Waals surface area contributed by atoms with Crippen LogP contribution in [0.15, 0.2) is 6.07 Å². The van der Waals surface area contributed by atoms with E-state index in [0.717, 1.165) is 36.3 Å². The van der Waals surface area contributed by atoms with Gasteiger partial charge < -0.3 is 5.32 Å². The minimum Gasteiger partial charge on any atom is -0.373 e. The second kappa shape index (κ2) is 5.65. The number of nitrogens with zero attached hydrogens (tertiary/aromatic N) is 3. The van der Waals surface area contributed by atoms with E-state index in [1.165, 1.54) is 12.8 Å². The average Bonchev–Trinajstić information content (AvgIpc) is 2.34. The van der Waals surface area contributed by atoms with Gasteiger partial charge in [0.15, 0.2) is 0 Å². The monoisotopic (exact) mass is 248 g/mol. The lowest BCUT2D eigenvalue weighted by Crippen LogP contribution is -2.42. The van der Waals surface area contributed by atoms with Crippen LogP contribution in [0.3, 0.4) is 0 Å². The van der Waals surface area contributed by atoms with E-state index in [1.807, 2.05) is 20.0 Å². The summed E-state index contributed by atoms with van der Waals surface area (Å²) >= 11 is 0.